The Balaban J connectivity index is 1.75. The molecule has 164 valence electrons. The highest BCUT2D eigenvalue weighted by Gasteiger charge is 2.15. The largest absolute Gasteiger partial charge is 0.497 e. The number of halogens is 1. The first-order valence-electron chi connectivity index (χ1n) is 9.38. The molecular formula is C23H20ClN3O4S. The van der Waals surface area contributed by atoms with Crippen LogP contribution in [0.1, 0.15) is 5.56 Å². The quantitative estimate of drug-likeness (QED) is 0.462. The molecule has 0 fully saturated rings. The Hall–Kier alpha value is -3.41. The maximum atomic E-state index is 12.6. The van der Waals surface area contributed by atoms with Crippen molar-refractivity contribution in [3.63, 3.8) is 0 Å². The molecule has 1 aromatic heterocycles. The van der Waals surface area contributed by atoms with Crippen LogP contribution in [0.3, 0.4) is 0 Å². The van der Waals surface area contributed by atoms with E-state index in [0.717, 1.165) is 11.3 Å². The molecule has 0 bridgehead atoms. The maximum absolute atomic E-state index is 12.6. The van der Waals surface area contributed by atoms with E-state index in [1.807, 2.05) is 24.3 Å². The van der Waals surface area contributed by atoms with Crippen molar-refractivity contribution < 1.29 is 19.0 Å². The van der Waals surface area contributed by atoms with Crippen molar-refractivity contribution in [2.75, 3.05) is 32.4 Å². The van der Waals surface area contributed by atoms with Gasteiger partial charge in [-0.05, 0) is 42.5 Å². The molecular weight excluding hydrogens is 450 g/mol. The monoisotopic (exact) mass is 469 g/mol. The van der Waals surface area contributed by atoms with Gasteiger partial charge in [0.05, 0.1) is 49.0 Å². The molecule has 7 nitrogen and oxygen atoms in total. The second-order valence-electron chi connectivity index (χ2n) is 6.41. The van der Waals surface area contributed by atoms with Crippen molar-refractivity contribution in [1.82, 2.24) is 4.98 Å². The van der Waals surface area contributed by atoms with E-state index in [9.17, 15) is 10.1 Å². The number of benzene rings is 2. The molecule has 0 aliphatic carbocycles. The molecule has 3 rings (SSSR count). The van der Waals surface area contributed by atoms with Crippen LogP contribution in [0.15, 0.2) is 53.6 Å². The van der Waals surface area contributed by atoms with Gasteiger partial charge in [0.2, 0.25) is 5.91 Å². The number of rotatable bonds is 8. The highest BCUT2D eigenvalue weighted by molar-refractivity contribution is 8.00. The third kappa shape index (κ3) is 5.44. The van der Waals surface area contributed by atoms with Crippen LogP contribution in [0.5, 0.6) is 17.2 Å². The Bertz CT molecular complexity index is 1160. The number of hydrogen-bond acceptors (Lipinski definition) is 7. The standard InChI is InChI=1S/C23H20ClN3O4S/c1-29-16-7-4-14(5-8-16)18-9-6-15(12-25)23(27-18)32-13-22(28)26-19-10-17(24)20(30-2)11-21(19)31-3/h4-11H,13H2,1-3H3,(H,26,28). The minimum absolute atomic E-state index is 0.0422. The Morgan fingerprint density at radius 2 is 1.78 bits per heavy atom. The number of pyridine rings is 1. The summed E-state index contributed by atoms with van der Waals surface area (Å²) in [4.78, 5) is 17.1. The zero-order valence-electron chi connectivity index (χ0n) is 17.6. The van der Waals surface area contributed by atoms with Gasteiger partial charge in [0.1, 0.15) is 28.3 Å². The second kappa shape index (κ2) is 10.8. The van der Waals surface area contributed by atoms with Gasteiger partial charge in [-0.25, -0.2) is 4.98 Å². The lowest BCUT2D eigenvalue weighted by Crippen LogP contribution is -2.15. The fraction of sp³-hybridized carbons (Fsp3) is 0.174. The molecule has 3 aromatic rings. The molecule has 32 heavy (non-hydrogen) atoms. The van der Waals surface area contributed by atoms with Crippen LogP contribution in [0, 0.1) is 11.3 Å². The number of nitrogens with zero attached hydrogens (tertiary/aromatic N) is 2. The van der Waals surface area contributed by atoms with E-state index in [4.69, 9.17) is 25.8 Å². The molecule has 0 atom stereocenters. The van der Waals surface area contributed by atoms with Gasteiger partial charge < -0.3 is 19.5 Å². The Morgan fingerprint density at radius 1 is 1.06 bits per heavy atom. The first kappa shape index (κ1) is 23.3. The van der Waals surface area contributed by atoms with E-state index in [-0.39, 0.29) is 11.7 Å². The predicted octanol–water partition coefficient (Wildman–Crippen LogP) is 5.03. The van der Waals surface area contributed by atoms with Gasteiger partial charge in [-0.2, -0.15) is 5.26 Å². The number of methoxy groups -OCH3 is 3. The van der Waals surface area contributed by atoms with Gasteiger partial charge in [0.25, 0.3) is 0 Å². The van der Waals surface area contributed by atoms with Crippen LogP contribution in [0.4, 0.5) is 5.69 Å². The van der Waals surface area contributed by atoms with Gasteiger partial charge in [-0.1, -0.05) is 23.4 Å². The van der Waals surface area contributed by atoms with Crippen LogP contribution >= 0.6 is 23.4 Å². The van der Waals surface area contributed by atoms with E-state index in [2.05, 4.69) is 16.4 Å². The highest BCUT2D eigenvalue weighted by Crippen LogP contribution is 2.36. The summed E-state index contributed by atoms with van der Waals surface area (Å²) >= 11 is 7.33. The van der Waals surface area contributed by atoms with Gasteiger partial charge in [0.15, 0.2) is 0 Å². The lowest BCUT2D eigenvalue weighted by molar-refractivity contribution is -0.113. The number of hydrogen-bond donors (Lipinski definition) is 1. The van der Waals surface area contributed by atoms with E-state index in [0.29, 0.717) is 38.5 Å². The number of carbonyl (C=O) groups is 1. The van der Waals surface area contributed by atoms with Crippen molar-refractivity contribution in [3.05, 3.63) is 59.1 Å². The fourth-order valence-corrected chi connectivity index (χ4v) is 3.85. The summed E-state index contributed by atoms with van der Waals surface area (Å²) in [7, 11) is 4.58. The number of ether oxygens (including phenoxy) is 3. The Morgan fingerprint density at radius 3 is 2.41 bits per heavy atom. The number of aromatic nitrogens is 1. The SMILES string of the molecule is COc1ccc(-c2ccc(C#N)c(SCC(=O)Nc3cc(Cl)c(OC)cc3OC)n2)cc1. The number of nitriles is 1. The molecule has 0 saturated heterocycles. The topological polar surface area (TPSA) is 93.5 Å². The Kier molecular flexibility index (Phi) is 7.82. The van der Waals surface area contributed by atoms with Crippen LogP contribution < -0.4 is 19.5 Å². The lowest BCUT2D eigenvalue weighted by atomic mass is 10.1. The molecule has 0 spiro atoms. The number of amides is 1. The van der Waals surface area contributed by atoms with Crippen LogP contribution in [0.25, 0.3) is 11.3 Å². The lowest BCUT2D eigenvalue weighted by Gasteiger charge is -2.13. The summed E-state index contributed by atoms with van der Waals surface area (Å²) in [5.74, 6) is 1.34. The molecule has 0 aliphatic heterocycles. The molecule has 0 unspecified atom stereocenters. The summed E-state index contributed by atoms with van der Waals surface area (Å²) in [5.41, 5.74) is 2.38. The van der Waals surface area contributed by atoms with E-state index < -0.39 is 0 Å². The summed E-state index contributed by atoms with van der Waals surface area (Å²) < 4.78 is 15.6. The minimum atomic E-state index is -0.296. The minimum Gasteiger partial charge on any atom is -0.497 e. The van der Waals surface area contributed by atoms with Crippen LogP contribution in [-0.4, -0.2) is 38.0 Å². The third-order valence-corrected chi connectivity index (χ3v) is 5.74. The summed E-state index contributed by atoms with van der Waals surface area (Å²) in [5, 5.41) is 13.0. The zero-order chi connectivity index (χ0) is 23.1. The van der Waals surface area contributed by atoms with Crippen molar-refractivity contribution in [2.24, 2.45) is 0 Å². The Labute approximate surface area is 195 Å². The molecule has 0 radical (unpaired) electrons. The van der Waals surface area contributed by atoms with Crippen LogP contribution in [-0.2, 0) is 4.79 Å². The van der Waals surface area contributed by atoms with Crippen molar-refractivity contribution in [1.29, 1.82) is 5.26 Å². The molecule has 1 N–H and O–H groups in total. The number of carbonyl (C=O) groups excluding carboxylic acids is 1. The molecule has 0 saturated carbocycles. The third-order valence-electron chi connectivity index (χ3n) is 4.45. The predicted molar refractivity (Wildman–Crippen MR) is 125 cm³/mol. The zero-order valence-corrected chi connectivity index (χ0v) is 19.2. The molecule has 1 amide bonds. The highest BCUT2D eigenvalue weighted by atomic mass is 35.5. The summed E-state index contributed by atoms with van der Waals surface area (Å²) in [6.07, 6.45) is 0. The first-order valence-corrected chi connectivity index (χ1v) is 10.7. The van der Waals surface area contributed by atoms with Crippen LogP contribution in [0.2, 0.25) is 5.02 Å². The van der Waals surface area contributed by atoms with Gasteiger partial charge in [-0.3, -0.25) is 4.79 Å². The van der Waals surface area contributed by atoms with Gasteiger partial charge in [-0.15, -0.1) is 0 Å². The fourth-order valence-electron chi connectivity index (χ4n) is 2.84. The molecule has 0 aliphatic rings. The van der Waals surface area contributed by atoms with Gasteiger partial charge in [0, 0.05) is 11.6 Å². The van der Waals surface area contributed by atoms with Gasteiger partial charge >= 0.3 is 0 Å². The summed E-state index contributed by atoms with van der Waals surface area (Å²) in [6.45, 7) is 0. The summed E-state index contributed by atoms with van der Waals surface area (Å²) in [6, 6.07) is 16.2. The smallest absolute Gasteiger partial charge is 0.234 e. The average molecular weight is 470 g/mol. The molecule has 1 heterocycles. The van der Waals surface area contributed by atoms with E-state index >= 15 is 0 Å². The average Bonchev–Trinajstić information content (AvgIpc) is 2.82. The number of nitrogens with one attached hydrogen (secondary N) is 1. The number of thioether (sulfide) groups is 1. The maximum Gasteiger partial charge on any atom is 0.234 e. The van der Waals surface area contributed by atoms with Crippen molar-refractivity contribution >= 4 is 35.0 Å². The van der Waals surface area contributed by atoms with E-state index in [1.165, 1.54) is 26.0 Å². The van der Waals surface area contributed by atoms with E-state index in [1.54, 1.807) is 31.4 Å². The first-order chi connectivity index (χ1) is 15.5. The molecule has 2 aromatic carbocycles. The normalized spacial score (nSPS) is 10.2. The van der Waals surface area contributed by atoms with Crippen molar-refractivity contribution in [3.8, 4) is 34.6 Å². The molecule has 9 heteroatoms. The second-order valence-corrected chi connectivity index (χ2v) is 7.78. The van der Waals surface area contributed by atoms with Crippen molar-refractivity contribution in [2.45, 2.75) is 5.03 Å². The number of anilines is 1.